The van der Waals surface area contributed by atoms with Gasteiger partial charge in [-0.25, -0.2) is 0 Å². The molecule has 0 unspecified atom stereocenters. The number of ether oxygens (including phenoxy) is 1. The summed E-state index contributed by atoms with van der Waals surface area (Å²) in [5, 5.41) is 2.88. The molecule has 0 aliphatic carbocycles. The van der Waals surface area contributed by atoms with Crippen LogP contribution in [-0.2, 0) is 4.79 Å². The van der Waals surface area contributed by atoms with Crippen LogP contribution < -0.4 is 10.1 Å². The molecule has 122 valence electrons. The zero-order valence-electron chi connectivity index (χ0n) is 13.2. The number of likely N-dealkylation sites (N-methyl/N-ethyl adjacent to an activating group) is 1. The first-order valence-electron chi connectivity index (χ1n) is 7.55. The van der Waals surface area contributed by atoms with Crippen LogP contribution in [-0.4, -0.2) is 37.6 Å². The summed E-state index contributed by atoms with van der Waals surface area (Å²) in [5.74, 6) is 0.863. The minimum absolute atomic E-state index is 0.0150. The van der Waals surface area contributed by atoms with E-state index in [4.69, 9.17) is 4.74 Å². The average Bonchev–Trinajstić information content (AvgIpc) is 2.55. The van der Waals surface area contributed by atoms with E-state index >= 15 is 0 Å². The molecule has 0 bridgehead atoms. The zero-order valence-corrected chi connectivity index (χ0v) is 14.8. The highest BCUT2D eigenvalue weighted by Gasteiger charge is 2.07. The summed E-state index contributed by atoms with van der Waals surface area (Å²) in [6, 6.07) is 17.3. The molecule has 0 saturated heterocycles. The second-order valence-corrected chi connectivity index (χ2v) is 6.22. The van der Waals surface area contributed by atoms with Gasteiger partial charge in [-0.2, -0.15) is 0 Å². The van der Waals surface area contributed by atoms with E-state index in [0.29, 0.717) is 13.2 Å². The van der Waals surface area contributed by atoms with Crippen LogP contribution in [0.3, 0.4) is 0 Å². The maximum atomic E-state index is 12.0. The molecule has 2 rings (SSSR count). The number of hydrogen-bond donors (Lipinski definition) is 1. The Kier molecular flexibility index (Phi) is 7.10. The summed E-state index contributed by atoms with van der Waals surface area (Å²) in [6.07, 6.45) is 0.872. The van der Waals surface area contributed by atoms with E-state index in [0.717, 1.165) is 28.9 Å². The fourth-order valence-electron chi connectivity index (χ4n) is 2.10. The van der Waals surface area contributed by atoms with Crippen molar-refractivity contribution in [1.82, 2.24) is 4.90 Å². The van der Waals surface area contributed by atoms with Gasteiger partial charge in [0.1, 0.15) is 5.75 Å². The molecule has 4 nitrogen and oxygen atoms in total. The van der Waals surface area contributed by atoms with Crippen LogP contribution in [0.2, 0.25) is 0 Å². The van der Waals surface area contributed by atoms with Crippen LogP contribution >= 0.6 is 15.9 Å². The SMILES string of the molecule is CN(CCCOc1ccccc1)CC(=O)Nc1ccc(Br)cc1. The number of hydrogen-bond acceptors (Lipinski definition) is 3. The fourth-order valence-corrected chi connectivity index (χ4v) is 2.36. The third-order valence-corrected chi connectivity index (χ3v) is 3.77. The van der Waals surface area contributed by atoms with Gasteiger partial charge in [-0.05, 0) is 49.9 Å². The van der Waals surface area contributed by atoms with Gasteiger partial charge in [0.05, 0.1) is 13.2 Å². The van der Waals surface area contributed by atoms with Crippen LogP contribution in [0.5, 0.6) is 5.75 Å². The smallest absolute Gasteiger partial charge is 0.238 e. The van der Waals surface area contributed by atoms with Gasteiger partial charge in [0.2, 0.25) is 5.91 Å². The molecule has 2 aromatic rings. The predicted octanol–water partition coefficient (Wildman–Crippen LogP) is 3.79. The standard InChI is InChI=1S/C18H21BrN2O2/c1-21(12-5-13-23-17-6-3-2-4-7-17)14-18(22)20-16-10-8-15(19)9-11-16/h2-4,6-11H,5,12-14H2,1H3,(H,20,22). The first kappa shape index (κ1) is 17.5. The number of halogens is 1. The van der Waals surface area contributed by atoms with E-state index in [2.05, 4.69) is 21.2 Å². The topological polar surface area (TPSA) is 41.6 Å². The van der Waals surface area contributed by atoms with Crippen LogP contribution in [0.1, 0.15) is 6.42 Å². The van der Waals surface area contributed by atoms with Gasteiger partial charge >= 0.3 is 0 Å². The van der Waals surface area contributed by atoms with E-state index in [-0.39, 0.29) is 5.91 Å². The molecule has 1 N–H and O–H groups in total. The molecule has 0 radical (unpaired) electrons. The highest BCUT2D eigenvalue weighted by atomic mass is 79.9. The summed E-state index contributed by atoms with van der Waals surface area (Å²) in [6.45, 7) is 1.81. The normalized spacial score (nSPS) is 10.6. The Labute approximate surface area is 145 Å². The lowest BCUT2D eigenvalue weighted by Gasteiger charge is -2.16. The summed E-state index contributed by atoms with van der Waals surface area (Å²) >= 11 is 3.37. The van der Waals surface area contributed by atoms with Crippen molar-refractivity contribution in [3.8, 4) is 5.75 Å². The number of rotatable bonds is 8. The van der Waals surface area contributed by atoms with E-state index < -0.39 is 0 Å². The summed E-state index contributed by atoms with van der Waals surface area (Å²) in [5.41, 5.74) is 0.805. The van der Waals surface area contributed by atoms with Crippen molar-refractivity contribution in [3.05, 3.63) is 59.1 Å². The Morgan fingerprint density at radius 2 is 1.83 bits per heavy atom. The average molecular weight is 377 g/mol. The van der Waals surface area contributed by atoms with Crippen molar-refractivity contribution < 1.29 is 9.53 Å². The lowest BCUT2D eigenvalue weighted by Crippen LogP contribution is -2.31. The van der Waals surface area contributed by atoms with E-state index in [1.54, 1.807) is 0 Å². The molecule has 0 aromatic heterocycles. The van der Waals surface area contributed by atoms with Crippen LogP contribution in [0.15, 0.2) is 59.1 Å². The Bertz CT molecular complexity index is 602. The molecule has 0 heterocycles. The van der Waals surface area contributed by atoms with Gasteiger partial charge in [-0.1, -0.05) is 34.1 Å². The third-order valence-electron chi connectivity index (χ3n) is 3.24. The number of amides is 1. The summed E-state index contributed by atoms with van der Waals surface area (Å²) < 4.78 is 6.63. The highest BCUT2D eigenvalue weighted by Crippen LogP contribution is 2.14. The van der Waals surface area contributed by atoms with Gasteiger partial charge in [-0.15, -0.1) is 0 Å². The Morgan fingerprint density at radius 1 is 1.13 bits per heavy atom. The third kappa shape index (κ3) is 6.84. The van der Waals surface area contributed by atoms with Crippen molar-refractivity contribution >= 4 is 27.5 Å². The Morgan fingerprint density at radius 3 is 2.52 bits per heavy atom. The molecule has 0 atom stereocenters. The predicted molar refractivity (Wildman–Crippen MR) is 96.8 cm³/mol. The fraction of sp³-hybridized carbons (Fsp3) is 0.278. The van der Waals surface area contributed by atoms with Gasteiger partial charge in [0, 0.05) is 16.7 Å². The lowest BCUT2D eigenvalue weighted by atomic mass is 10.3. The number of benzene rings is 2. The first-order valence-corrected chi connectivity index (χ1v) is 8.34. The number of para-hydroxylation sites is 1. The quantitative estimate of drug-likeness (QED) is 0.712. The van der Waals surface area contributed by atoms with Gasteiger partial charge in [0.15, 0.2) is 0 Å². The molecular weight excluding hydrogens is 356 g/mol. The maximum Gasteiger partial charge on any atom is 0.238 e. The van der Waals surface area contributed by atoms with Crippen LogP contribution in [0.25, 0.3) is 0 Å². The Balaban J connectivity index is 1.63. The summed E-state index contributed by atoms with van der Waals surface area (Å²) in [4.78, 5) is 14.0. The van der Waals surface area contributed by atoms with E-state index in [1.807, 2.05) is 66.5 Å². The van der Waals surface area contributed by atoms with Crippen LogP contribution in [0.4, 0.5) is 5.69 Å². The number of carbonyl (C=O) groups is 1. The molecule has 5 heteroatoms. The van der Waals surface area contributed by atoms with Gasteiger partial charge in [0.25, 0.3) is 0 Å². The second kappa shape index (κ2) is 9.33. The molecule has 0 aliphatic rings. The molecule has 23 heavy (non-hydrogen) atoms. The lowest BCUT2D eigenvalue weighted by molar-refractivity contribution is -0.117. The minimum atomic E-state index is -0.0150. The molecule has 0 fully saturated rings. The highest BCUT2D eigenvalue weighted by molar-refractivity contribution is 9.10. The molecule has 1 amide bonds. The maximum absolute atomic E-state index is 12.0. The van der Waals surface area contributed by atoms with Crippen molar-refractivity contribution in [2.75, 3.05) is 32.1 Å². The van der Waals surface area contributed by atoms with Crippen molar-refractivity contribution in [2.45, 2.75) is 6.42 Å². The second-order valence-electron chi connectivity index (χ2n) is 5.31. The monoisotopic (exact) mass is 376 g/mol. The number of carbonyl (C=O) groups excluding carboxylic acids is 1. The number of anilines is 1. The largest absolute Gasteiger partial charge is 0.494 e. The molecule has 2 aromatic carbocycles. The van der Waals surface area contributed by atoms with Crippen molar-refractivity contribution in [1.29, 1.82) is 0 Å². The molecular formula is C18H21BrN2O2. The van der Waals surface area contributed by atoms with Gasteiger partial charge < -0.3 is 10.1 Å². The molecule has 0 saturated carbocycles. The van der Waals surface area contributed by atoms with Gasteiger partial charge in [-0.3, -0.25) is 9.69 Å². The number of nitrogens with zero attached hydrogens (tertiary/aromatic N) is 1. The van der Waals surface area contributed by atoms with Crippen LogP contribution in [0, 0.1) is 0 Å². The number of nitrogens with one attached hydrogen (secondary N) is 1. The van der Waals surface area contributed by atoms with E-state index in [9.17, 15) is 4.79 Å². The zero-order chi connectivity index (χ0) is 16.5. The van der Waals surface area contributed by atoms with E-state index in [1.165, 1.54) is 0 Å². The summed E-state index contributed by atoms with van der Waals surface area (Å²) in [7, 11) is 1.93. The van der Waals surface area contributed by atoms with Crippen molar-refractivity contribution in [2.24, 2.45) is 0 Å². The first-order chi connectivity index (χ1) is 11.1. The molecule has 0 spiro atoms. The molecule has 0 aliphatic heterocycles. The Hall–Kier alpha value is -1.85. The van der Waals surface area contributed by atoms with Crippen molar-refractivity contribution in [3.63, 3.8) is 0 Å². The minimum Gasteiger partial charge on any atom is -0.494 e.